The Bertz CT molecular complexity index is 486. The maximum absolute atomic E-state index is 6.09. The highest BCUT2D eigenvalue weighted by molar-refractivity contribution is 9.10. The molecule has 1 atom stereocenters. The van der Waals surface area contributed by atoms with Crippen LogP contribution in [0.1, 0.15) is 16.6 Å². The second kappa shape index (κ2) is 5.27. The van der Waals surface area contributed by atoms with Crippen molar-refractivity contribution in [3.8, 4) is 0 Å². The fraction of sp³-hybridized carbons (Fsp3) is 0.182. The number of hydrogen-bond donors (Lipinski definition) is 1. The van der Waals surface area contributed by atoms with Gasteiger partial charge < -0.3 is 5.73 Å². The van der Waals surface area contributed by atoms with Gasteiger partial charge in [0, 0.05) is 22.0 Å². The van der Waals surface area contributed by atoms with Crippen LogP contribution in [0.15, 0.2) is 34.2 Å². The van der Waals surface area contributed by atoms with Gasteiger partial charge in [-0.1, -0.05) is 11.6 Å². The first kappa shape index (κ1) is 12.0. The summed E-state index contributed by atoms with van der Waals surface area (Å²) in [7, 11) is 0. The van der Waals surface area contributed by atoms with Crippen molar-refractivity contribution in [3.63, 3.8) is 0 Å². The van der Waals surface area contributed by atoms with Gasteiger partial charge in [-0.05, 0) is 39.5 Å². The first-order valence-electron chi connectivity index (χ1n) is 4.76. The Labute approximate surface area is 112 Å². The minimum absolute atomic E-state index is 0.163. The third-order valence-corrected chi connectivity index (χ3v) is 4.50. The van der Waals surface area contributed by atoms with Gasteiger partial charge in [0.15, 0.2) is 0 Å². The van der Waals surface area contributed by atoms with E-state index in [0.29, 0.717) is 5.02 Å². The van der Waals surface area contributed by atoms with Gasteiger partial charge in [0.25, 0.3) is 0 Å². The monoisotopic (exact) mass is 316 g/mol. The first-order valence-corrected chi connectivity index (χ1v) is 6.81. The van der Waals surface area contributed by atoms with Crippen molar-refractivity contribution < 1.29 is 0 Å². The van der Waals surface area contributed by atoms with Gasteiger partial charge in [-0.15, -0.1) is 11.3 Å². The van der Waals surface area contributed by atoms with E-state index in [1.54, 1.807) is 23.6 Å². The van der Waals surface area contributed by atoms with Gasteiger partial charge in [0.2, 0.25) is 0 Å². The van der Waals surface area contributed by atoms with Crippen molar-refractivity contribution in [2.45, 2.75) is 12.5 Å². The lowest BCUT2D eigenvalue weighted by Gasteiger charge is -2.11. The van der Waals surface area contributed by atoms with Gasteiger partial charge in [0.05, 0.1) is 16.8 Å². The van der Waals surface area contributed by atoms with E-state index in [1.165, 1.54) is 4.88 Å². The van der Waals surface area contributed by atoms with Crippen LogP contribution in [-0.4, -0.2) is 4.98 Å². The Morgan fingerprint density at radius 2 is 2.31 bits per heavy atom. The van der Waals surface area contributed by atoms with Crippen LogP contribution in [0.5, 0.6) is 0 Å². The second-order valence-electron chi connectivity index (χ2n) is 3.37. The van der Waals surface area contributed by atoms with Crippen LogP contribution in [0.4, 0.5) is 0 Å². The molecule has 0 fully saturated rings. The zero-order valence-corrected chi connectivity index (χ0v) is 11.5. The van der Waals surface area contributed by atoms with E-state index in [9.17, 15) is 0 Å². The maximum atomic E-state index is 6.09. The van der Waals surface area contributed by atoms with Crippen molar-refractivity contribution in [1.82, 2.24) is 4.98 Å². The molecule has 0 saturated heterocycles. The number of hydrogen-bond acceptors (Lipinski definition) is 3. The van der Waals surface area contributed by atoms with Crippen LogP contribution >= 0.6 is 38.9 Å². The van der Waals surface area contributed by atoms with E-state index >= 15 is 0 Å². The second-order valence-corrected chi connectivity index (χ2v) is 5.64. The molecule has 2 N–H and O–H groups in total. The minimum atomic E-state index is -0.163. The van der Waals surface area contributed by atoms with E-state index in [0.717, 1.165) is 16.6 Å². The lowest BCUT2D eigenvalue weighted by atomic mass is 10.1. The molecule has 5 heteroatoms. The van der Waals surface area contributed by atoms with Gasteiger partial charge in [-0.25, -0.2) is 0 Å². The van der Waals surface area contributed by atoms with E-state index in [2.05, 4.69) is 20.9 Å². The quantitative estimate of drug-likeness (QED) is 0.935. The highest BCUT2D eigenvalue weighted by atomic mass is 79.9. The lowest BCUT2D eigenvalue weighted by molar-refractivity contribution is 0.702. The van der Waals surface area contributed by atoms with Gasteiger partial charge in [0.1, 0.15) is 0 Å². The summed E-state index contributed by atoms with van der Waals surface area (Å²) in [6.45, 7) is 0. The molecule has 2 heterocycles. The van der Waals surface area contributed by atoms with Crippen LogP contribution in [-0.2, 0) is 6.42 Å². The molecule has 16 heavy (non-hydrogen) atoms. The SMILES string of the molecule is NC(Cc1sccc1Br)c1ncccc1Cl. The summed E-state index contributed by atoms with van der Waals surface area (Å²) in [5, 5.41) is 2.66. The molecule has 0 aromatic carbocycles. The number of pyridine rings is 1. The van der Waals surface area contributed by atoms with Crippen molar-refractivity contribution in [2.24, 2.45) is 5.73 Å². The molecule has 1 unspecified atom stereocenters. The average molecular weight is 318 g/mol. The fourth-order valence-corrected chi connectivity index (χ4v) is 3.27. The summed E-state index contributed by atoms with van der Waals surface area (Å²) in [5.74, 6) is 0. The Hall–Kier alpha value is -0.420. The van der Waals surface area contributed by atoms with Gasteiger partial charge in [-0.3, -0.25) is 4.98 Å². The number of rotatable bonds is 3. The van der Waals surface area contributed by atoms with E-state index in [-0.39, 0.29) is 6.04 Å². The molecule has 0 aliphatic carbocycles. The predicted octanol–water partition coefficient (Wildman–Crippen LogP) is 3.80. The number of nitrogens with zero attached hydrogens (tertiary/aromatic N) is 1. The molecule has 0 aliphatic heterocycles. The van der Waals surface area contributed by atoms with Crippen molar-refractivity contribution in [1.29, 1.82) is 0 Å². The molecule has 0 aliphatic rings. The third-order valence-electron chi connectivity index (χ3n) is 2.23. The molecular formula is C11H10BrClN2S. The molecule has 0 spiro atoms. The summed E-state index contributed by atoms with van der Waals surface area (Å²) in [5.41, 5.74) is 6.85. The number of nitrogens with two attached hydrogens (primary N) is 1. The van der Waals surface area contributed by atoms with Gasteiger partial charge >= 0.3 is 0 Å². The molecule has 0 amide bonds. The predicted molar refractivity (Wildman–Crippen MR) is 71.9 cm³/mol. The minimum Gasteiger partial charge on any atom is -0.322 e. The Balaban J connectivity index is 2.18. The summed E-state index contributed by atoms with van der Waals surface area (Å²) in [6, 6.07) is 5.48. The summed E-state index contributed by atoms with van der Waals surface area (Å²) in [4.78, 5) is 5.44. The fourth-order valence-electron chi connectivity index (χ4n) is 1.44. The molecular weight excluding hydrogens is 308 g/mol. The lowest BCUT2D eigenvalue weighted by Crippen LogP contribution is -2.15. The normalized spacial score (nSPS) is 12.7. The van der Waals surface area contributed by atoms with Crippen LogP contribution < -0.4 is 5.73 Å². The number of halogens is 2. The highest BCUT2D eigenvalue weighted by Crippen LogP contribution is 2.28. The molecule has 2 rings (SSSR count). The van der Waals surface area contributed by atoms with Crippen molar-refractivity contribution in [3.05, 3.63) is 49.8 Å². The topological polar surface area (TPSA) is 38.9 Å². The third kappa shape index (κ3) is 2.63. The highest BCUT2D eigenvalue weighted by Gasteiger charge is 2.14. The van der Waals surface area contributed by atoms with E-state index in [1.807, 2.05) is 17.5 Å². The summed E-state index contributed by atoms with van der Waals surface area (Å²) in [6.07, 6.45) is 2.46. The summed E-state index contributed by atoms with van der Waals surface area (Å²) >= 11 is 11.2. The van der Waals surface area contributed by atoms with E-state index in [4.69, 9.17) is 17.3 Å². The number of aromatic nitrogens is 1. The Morgan fingerprint density at radius 1 is 1.50 bits per heavy atom. The molecule has 2 aromatic rings. The zero-order valence-electron chi connectivity index (χ0n) is 8.36. The molecule has 2 aromatic heterocycles. The summed E-state index contributed by atoms with van der Waals surface area (Å²) < 4.78 is 1.10. The average Bonchev–Trinajstić information content (AvgIpc) is 2.65. The Kier molecular flexibility index (Phi) is 3.97. The van der Waals surface area contributed by atoms with Crippen molar-refractivity contribution >= 4 is 38.9 Å². The molecule has 84 valence electrons. The van der Waals surface area contributed by atoms with E-state index < -0.39 is 0 Å². The van der Waals surface area contributed by atoms with Gasteiger partial charge in [-0.2, -0.15) is 0 Å². The van der Waals surface area contributed by atoms with Crippen LogP contribution in [0.2, 0.25) is 5.02 Å². The molecule has 0 saturated carbocycles. The van der Waals surface area contributed by atoms with Crippen LogP contribution in [0.3, 0.4) is 0 Å². The zero-order chi connectivity index (χ0) is 11.5. The largest absolute Gasteiger partial charge is 0.322 e. The number of thiophene rings is 1. The van der Waals surface area contributed by atoms with Crippen LogP contribution in [0.25, 0.3) is 0 Å². The van der Waals surface area contributed by atoms with Crippen LogP contribution in [0, 0.1) is 0 Å². The standard InChI is InChI=1S/C11H10BrClN2S/c12-7-3-5-16-10(7)6-9(14)11-8(13)2-1-4-15-11/h1-5,9H,6,14H2. The molecule has 0 bridgehead atoms. The Morgan fingerprint density at radius 3 is 2.94 bits per heavy atom. The molecule has 2 nitrogen and oxygen atoms in total. The molecule has 0 radical (unpaired) electrons. The smallest absolute Gasteiger partial charge is 0.0760 e. The first-order chi connectivity index (χ1) is 7.68. The maximum Gasteiger partial charge on any atom is 0.0760 e. The van der Waals surface area contributed by atoms with Crippen molar-refractivity contribution in [2.75, 3.05) is 0 Å².